The number of anilines is 1. The van der Waals surface area contributed by atoms with Crippen molar-refractivity contribution in [3.8, 4) is 0 Å². The van der Waals surface area contributed by atoms with Gasteiger partial charge in [0.2, 0.25) is 5.91 Å². The first-order valence-electron chi connectivity index (χ1n) is 5.63. The van der Waals surface area contributed by atoms with E-state index in [1.54, 1.807) is 25.1 Å². The highest BCUT2D eigenvalue weighted by atomic mass is 32.2. The Labute approximate surface area is 111 Å². The van der Waals surface area contributed by atoms with E-state index < -0.39 is 0 Å². The van der Waals surface area contributed by atoms with Gasteiger partial charge in [0.05, 0.1) is 43.2 Å². The van der Waals surface area contributed by atoms with Crippen LogP contribution < -0.4 is 5.32 Å². The topological polar surface area (TPSA) is 60.5 Å². The number of amides is 1. The van der Waals surface area contributed by atoms with E-state index in [4.69, 9.17) is 9.47 Å². The number of thioether (sulfide) groups is 1. The minimum absolute atomic E-state index is 0.0777. The lowest BCUT2D eigenvalue weighted by atomic mass is 10.3. The smallest absolute Gasteiger partial charge is 0.226 e. The molecule has 0 saturated carbocycles. The zero-order chi connectivity index (χ0) is 13.2. The Bertz CT molecular complexity index is 357. The predicted octanol–water partition coefficient (Wildman–Crippen LogP) is 1.80. The molecule has 0 saturated heterocycles. The van der Waals surface area contributed by atoms with Gasteiger partial charge in [-0.05, 0) is 18.4 Å². The zero-order valence-corrected chi connectivity index (χ0v) is 11.5. The first-order chi connectivity index (χ1) is 8.76. The van der Waals surface area contributed by atoms with Crippen LogP contribution in [0.25, 0.3) is 0 Å². The molecule has 1 heterocycles. The fourth-order valence-electron chi connectivity index (χ4n) is 1.21. The van der Waals surface area contributed by atoms with Crippen molar-refractivity contribution in [1.82, 2.24) is 4.98 Å². The van der Waals surface area contributed by atoms with E-state index >= 15 is 0 Å². The molecule has 100 valence electrons. The highest BCUT2D eigenvalue weighted by Crippen LogP contribution is 2.13. The van der Waals surface area contributed by atoms with E-state index in [1.807, 2.05) is 18.4 Å². The fraction of sp³-hybridized carbons (Fsp3) is 0.500. The molecule has 1 N–H and O–H groups in total. The summed E-state index contributed by atoms with van der Waals surface area (Å²) in [5.41, 5.74) is 0.703. The Morgan fingerprint density at radius 2 is 2.22 bits per heavy atom. The molecule has 0 aliphatic rings. The van der Waals surface area contributed by atoms with E-state index in [9.17, 15) is 4.79 Å². The first-order valence-corrected chi connectivity index (χ1v) is 6.85. The summed E-state index contributed by atoms with van der Waals surface area (Å²) in [4.78, 5) is 15.7. The molecule has 0 radical (unpaired) electrons. The van der Waals surface area contributed by atoms with Gasteiger partial charge in [0.1, 0.15) is 0 Å². The number of nitrogens with one attached hydrogen (secondary N) is 1. The summed E-state index contributed by atoms with van der Waals surface area (Å²) < 4.78 is 10.0. The number of hydrogen-bond acceptors (Lipinski definition) is 5. The highest BCUT2D eigenvalue weighted by molar-refractivity contribution is 7.98. The van der Waals surface area contributed by atoms with Crippen LogP contribution in [-0.2, 0) is 14.3 Å². The van der Waals surface area contributed by atoms with Crippen molar-refractivity contribution < 1.29 is 14.3 Å². The number of rotatable bonds is 8. The molecule has 6 heteroatoms. The number of carbonyl (C=O) groups excluding carboxylic acids is 1. The second-order valence-electron chi connectivity index (χ2n) is 3.49. The van der Waals surface area contributed by atoms with Crippen LogP contribution in [0.3, 0.4) is 0 Å². The first kappa shape index (κ1) is 14.9. The van der Waals surface area contributed by atoms with Crippen molar-refractivity contribution >= 4 is 23.4 Å². The lowest BCUT2D eigenvalue weighted by molar-refractivity contribution is -0.117. The van der Waals surface area contributed by atoms with Gasteiger partial charge in [-0.15, -0.1) is 11.8 Å². The molecule has 0 aliphatic heterocycles. The lowest BCUT2D eigenvalue weighted by Gasteiger charge is -2.06. The lowest BCUT2D eigenvalue weighted by Crippen LogP contribution is -2.15. The van der Waals surface area contributed by atoms with Crippen LogP contribution in [0.5, 0.6) is 0 Å². The summed E-state index contributed by atoms with van der Waals surface area (Å²) in [5, 5.41) is 3.69. The molecular formula is C12H18N2O3S. The van der Waals surface area contributed by atoms with Crippen LogP contribution in [0.15, 0.2) is 23.4 Å². The standard InChI is InChI=1S/C12H18N2O3S/c1-16-7-8-17-6-5-11(15)14-10-3-4-12(18-2)13-9-10/h3-4,9H,5-8H2,1-2H3,(H,14,15). The van der Waals surface area contributed by atoms with E-state index in [1.165, 1.54) is 0 Å². The van der Waals surface area contributed by atoms with Crippen LogP contribution >= 0.6 is 11.8 Å². The maximum Gasteiger partial charge on any atom is 0.226 e. The summed E-state index contributed by atoms with van der Waals surface area (Å²) in [7, 11) is 1.61. The fourth-order valence-corrected chi connectivity index (χ4v) is 1.57. The van der Waals surface area contributed by atoms with Gasteiger partial charge < -0.3 is 14.8 Å². The highest BCUT2D eigenvalue weighted by Gasteiger charge is 2.02. The van der Waals surface area contributed by atoms with Gasteiger partial charge in [0.25, 0.3) is 0 Å². The van der Waals surface area contributed by atoms with Gasteiger partial charge in [-0.3, -0.25) is 4.79 Å². The monoisotopic (exact) mass is 270 g/mol. The number of aromatic nitrogens is 1. The molecular weight excluding hydrogens is 252 g/mol. The van der Waals surface area contributed by atoms with E-state index in [2.05, 4.69) is 10.3 Å². The average Bonchev–Trinajstić information content (AvgIpc) is 2.39. The molecule has 18 heavy (non-hydrogen) atoms. The third-order valence-corrected chi connectivity index (χ3v) is 2.79. The Morgan fingerprint density at radius 1 is 1.39 bits per heavy atom. The molecule has 1 amide bonds. The van der Waals surface area contributed by atoms with Gasteiger partial charge >= 0.3 is 0 Å². The molecule has 0 atom stereocenters. The predicted molar refractivity (Wildman–Crippen MR) is 72.0 cm³/mol. The van der Waals surface area contributed by atoms with Gasteiger partial charge in [-0.1, -0.05) is 0 Å². The molecule has 1 aromatic heterocycles. The van der Waals surface area contributed by atoms with Crippen molar-refractivity contribution in [1.29, 1.82) is 0 Å². The van der Waals surface area contributed by atoms with Gasteiger partial charge in [0, 0.05) is 7.11 Å². The van der Waals surface area contributed by atoms with Gasteiger partial charge in [-0.2, -0.15) is 0 Å². The molecule has 5 nitrogen and oxygen atoms in total. The number of methoxy groups -OCH3 is 1. The maximum atomic E-state index is 11.5. The molecule has 0 unspecified atom stereocenters. The Balaban J connectivity index is 2.22. The molecule has 1 aromatic rings. The van der Waals surface area contributed by atoms with Crippen LogP contribution in [-0.4, -0.2) is 44.1 Å². The third kappa shape index (κ3) is 6.00. The van der Waals surface area contributed by atoms with Crippen molar-refractivity contribution in [3.05, 3.63) is 18.3 Å². The largest absolute Gasteiger partial charge is 0.382 e. The normalized spacial score (nSPS) is 10.3. The molecule has 0 fully saturated rings. The SMILES string of the molecule is COCCOCCC(=O)Nc1ccc(SC)nc1. The zero-order valence-electron chi connectivity index (χ0n) is 10.6. The minimum atomic E-state index is -0.0777. The van der Waals surface area contributed by atoms with Crippen LogP contribution in [0, 0.1) is 0 Å². The van der Waals surface area contributed by atoms with Crippen LogP contribution in [0.2, 0.25) is 0 Å². The van der Waals surface area contributed by atoms with Crippen molar-refractivity contribution in [2.24, 2.45) is 0 Å². The number of nitrogens with zero attached hydrogens (tertiary/aromatic N) is 1. The van der Waals surface area contributed by atoms with E-state index in [0.717, 1.165) is 5.03 Å². The van der Waals surface area contributed by atoms with Crippen molar-refractivity contribution in [3.63, 3.8) is 0 Å². The maximum absolute atomic E-state index is 11.5. The second-order valence-corrected chi connectivity index (χ2v) is 4.32. The molecule has 0 aromatic carbocycles. The molecule has 0 spiro atoms. The quantitative estimate of drug-likeness (QED) is 0.576. The summed E-state index contributed by atoms with van der Waals surface area (Å²) >= 11 is 1.56. The summed E-state index contributed by atoms with van der Waals surface area (Å²) in [6.07, 6.45) is 3.93. The Morgan fingerprint density at radius 3 is 2.83 bits per heavy atom. The number of pyridine rings is 1. The summed E-state index contributed by atoms with van der Waals surface area (Å²) in [6.45, 7) is 1.45. The molecule has 1 rings (SSSR count). The van der Waals surface area contributed by atoms with Gasteiger partial charge in [-0.25, -0.2) is 4.98 Å². The third-order valence-electron chi connectivity index (χ3n) is 2.13. The average molecular weight is 270 g/mol. The van der Waals surface area contributed by atoms with E-state index in [-0.39, 0.29) is 5.91 Å². The summed E-state index contributed by atoms with van der Waals surface area (Å²) in [5.74, 6) is -0.0777. The van der Waals surface area contributed by atoms with Crippen LogP contribution in [0.4, 0.5) is 5.69 Å². The second kappa shape index (κ2) is 8.91. The van der Waals surface area contributed by atoms with Crippen molar-refractivity contribution in [2.45, 2.75) is 11.4 Å². The van der Waals surface area contributed by atoms with Crippen molar-refractivity contribution in [2.75, 3.05) is 38.5 Å². The number of hydrogen-bond donors (Lipinski definition) is 1. The van der Waals surface area contributed by atoms with Crippen LogP contribution in [0.1, 0.15) is 6.42 Å². The van der Waals surface area contributed by atoms with Gasteiger partial charge in [0.15, 0.2) is 0 Å². The molecule has 0 bridgehead atoms. The molecule has 0 aliphatic carbocycles. The number of carbonyl (C=O) groups is 1. The Hall–Kier alpha value is -1.11. The number of ether oxygens (including phenoxy) is 2. The van der Waals surface area contributed by atoms with E-state index in [0.29, 0.717) is 31.9 Å². The summed E-state index contributed by atoms with van der Waals surface area (Å²) in [6, 6.07) is 3.71. The Kier molecular flexibility index (Phi) is 7.40. The minimum Gasteiger partial charge on any atom is -0.382 e.